The number of hydrogen-bond acceptors (Lipinski definition) is 0. The van der Waals surface area contributed by atoms with Gasteiger partial charge in [-0.15, -0.1) is 11.6 Å². The highest BCUT2D eigenvalue weighted by Gasteiger charge is 2.15. The molecule has 0 bridgehead atoms. The second-order valence-electron chi connectivity index (χ2n) is 3.58. The molecule has 0 saturated heterocycles. The van der Waals surface area contributed by atoms with Crippen LogP contribution in [0.2, 0.25) is 0 Å². The van der Waals surface area contributed by atoms with Crippen LogP contribution in [0.15, 0.2) is 42.5 Å². The highest BCUT2D eigenvalue weighted by Crippen LogP contribution is 2.31. The Hall–Kier alpha value is -0.680. The van der Waals surface area contributed by atoms with Crippen LogP contribution in [0, 0.1) is 15.2 Å². The molecule has 0 heterocycles. The zero-order valence-electron chi connectivity index (χ0n) is 8.63. The standard InChI is InChI=1S/C13H8ClF2I/c14-13(8-1-4-10(17)5-2-8)11-6-3-9(15)7-12(11)16/h1-7,13H. The predicted octanol–water partition coefficient (Wildman–Crippen LogP) is 4.90. The lowest BCUT2D eigenvalue weighted by atomic mass is 10.0. The van der Waals surface area contributed by atoms with Gasteiger partial charge in [-0.3, -0.25) is 0 Å². The largest absolute Gasteiger partial charge is 0.207 e. The van der Waals surface area contributed by atoms with Gasteiger partial charge in [0.25, 0.3) is 0 Å². The molecule has 2 rings (SSSR count). The van der Waals surface area contributed by atoms with Crippen LogP contribution in [0.25, 0.3) is 0 Å². The molecule has 1 unspecified atom stereocenters. The summed E-state index contributed by atoms with van der Waals surface area (Å²) in [5, 5.41) is -0.604. The maximum atomic E-state index is 13.5. The van der Waals surface area contributed by atoms with Gasteiger partial charge in [-0.2, -0.15) is 0 Å². The average Bonchev–Trinajstić information content (AvgIpc) is 2.29. The quantitative estimate of drug-likeness (QED) is 0.525. The molecule has 0 fully saturated rings. The fraction of sp³-hybridized carbons (Fsp3) is 0.0769. The SMILES string of the molecule is Fc1ccc(C(Cl)c2ccc(I)cc2)c(F)c1. The van der Waals surface area contributed by atoms with Crippen molar-refractivity contribution in [3.8, 4) is 0 Å². The van der Waals surface area contributed by atoms with Gasteiger partial charge in [-0.05, 0) is 46.4 Å². The Bertz CT molecular complexity index is 525. The van der Waals surface area contributed by atoms with Crippen molar-refractivity contribution < 1.29 is 8.78 Å². The van der Waals surface area contributed by atoms with Gasteiger partial charge in [0.1, 0.15) is 11.6 Å². The van der Waals surface area contributed by atoms with Gasteiger partial charge < -0.3 is 0 Å². The Kier molecular flexibility index (Phi) is 3.99. The molecule has 0 amide bonds. The molecular weight excluding hydrogens is 356 g/mol. The second kappa shape index (κ2) is 5.31. The van der Waals surface area contributed by atoms with Crippen LogP contribution < -0.4 is 0 Å². The molecule has 0 aliphatic carbocycles. The molecule has 0 nitrogen and oxygen atoms in total. The van der Waals surface area contributed by atoms with Crippen molar-refractivity contribution in [3.05, 3.63) is 68.8 Å². The number of halogens is 4. The Labute approximate surface area is 117 Å². The van der Waals surface area contributed by atoms with Crippen LogP contribution in [0.1, 0.15) is 16.5 Å². The Morgan fingerprint density at radius 3 is 2.24 bits per heavy atom. The Balaban J connectivity index is 2.36. The summed E-state index contributed by atoms with van der Waals surface area (Å²) in [5.74, 6) is -1.22. The smallest absolute Gasteiger partial charge is 0.131 e. The van der Waals surface area contributed by atoms with Crippen LogP contribution in [-0.4, -0.2) is 0 Å². The minimum Gasteiger partial charge on any atom is -0.207 e. The first-order chi connectivity index (χ1) is 8.08. The number of benzene rings is 2. The zero-order chi connectivity index (χ0) is 12.4. The van der Waals surface area contributed by atoms with Crippen molar-refractivity contribution in [3.63, 3.8) is 0 Å². The van der Waals surface area contributed by atoms with E-state index in [9.17, 15) is 8.78 Å². The van der Waals surface area contributed by atoms with Crippen LogP contribution >= 0.6 is 34.2 Å². The van der Waals surface area contributed by atoms with Crippen molar-refractivity contribution in [1.29, 1.82) is 0 Å². The molecule has 0 N–H and O–H groups in total. The first kappa shape index (κ1) is 12.8. The minimum absolute atomic E-state index is 0.286. The highest BCUT2D eigenvalue weighted by atomic mass is 127. The van der Waals surface area contributed by atoms with Crippen LogP contribution in [0.3, 0.4) is 0 Å². The Morgan fingerprint density at radius 2 is 1.65 bits per heavy atom. The molecule has 0 spiro atoms. The summed E-state index contributed by atoms with van der Waals surface area (Å²) in [6.07, 6.45) is 0. The van der Waals surface area contributed by atoms with E-state index in [-0.39, 0.29) is 5.56 Å². The lowest BCUT2D eigenvalue weighted by molar-refractivity contribution is 0.573. The van der Waals surface area contributed by atoms with Gasteiger partial charge in [0, 0.05) is 15.2 Å². The zero-order valence-corrected chi connectivity index (χ0v) is 11.5. The molecule has 2 aromatic carbocycles. The molecule has 4 heteroatoms. The van der Waals surface area contributed by atoms with Gasteiger partial charge in [0.15, 0.2) is 0 Å². The van der Waals surface area contributed by atoms with E-state index in [0.29, 0.717) is 0 Å². The second-order valence-corrected chi connectivity index (χ2v) is 5.26. The summed E-state index contributed by atoms with van der Waals surface area (Å²) in [5.41, 5.74) is 1.08. The van der Waals surface area contributed by atoms with E-state index in [2.05, 4.69) is 22.6 Å². The Morgan fingerprint density at radius 1 is 1.00 bits per heavy atom. The molecule has 17 heavy (non-hydrogen) atoms. The van der Waals surface area contributed by atoms with Crippen LogP contribution in [-0.2, 0) is 0 Å². The van der Waals surface area contributed by atoms with E-state index in [1.54, 1.807) is 0 Å². The average molecular weight is 365 g/mol. The van der Waals surface area contributed by atoms with E-state index in [1.807, 2.05) is 24.3 Å². The topological polar surface area (TPSA) is 0 Å². The van der Waals surface area contributed by atoms with Crippen molar-refractivity contribution in [1.82, 2.24) is 0 Å². The van der Waals surface area contributed by atoms with E-state index in [0.717, 1.165) is 15.2 Å². The molecule has 88 valence electrons. The van der Waals surface area contributed by atoms with Gasteiger partial charge in [0.05, 0.1) is 5.38 Å². The first-order valence-corrected chi connectivity index (χ1v) is 6.44. The van der Waals surface area contributed by atoms with E-state index >= 15 is 0 Å². The van der Waals surface area contributed by atoms with E-state index in [1.165, 1.54) is 12.1 Å². The summed E-state index contributed by atoms with van der Waals surface area (Å²) >= 11 is 8.36. The summed E-state index contributed by atoms with van der Waals surface area (Å²) in [6, 6.07) is 10.9. The van der Waals surface area contributed by atoms with Crippen molar-refractivity contribution >= 4 is 34.2 Å². The summed E-state index contributed by atoms with van der Waals surface area (Å²) < 4.78 is 27.4. The first-order valence-electron chi connectivity index (χ1n) is 4.92. The van der Waals surface area contributed by atoms with Crippen LogP contribution in [0.4, 0.5) is 8.78 Å². The fourth-order valence-corrected chi connectivity index (χ4v) is 2.20. The fourth-order valence-electron chi connectivity index (χ4n) is 1.52. The van der Waals surface area contributed by atoms with Gasteiger partial charge in [-0.25, -0.2) is 8.78 Å². The number of alkyl halides is 1. The summed E-state index contributed by atoms with van der Waals surface area (Å²) in [6.45, 7) is 0. The third-order valence-electron chi connectivity index (χ3n) is 2.40. The minimum atomic E-state index is -0.622. The maximum Gasteiger partial charge on any atom is 0.131 e. The highest BCUT2D eigenvalue weighted by molar-refractivity contribution is 14.1. The molecule has 0 aromatic heterocycles. The molecular formula is C13H8ClF2I. The van der Waals surface area contributed by atoms with E-state index in [4.69, 9.17) is 11.6 Å². The lowest BCUT2D eigenvalue weighted by Crippen LogP contribution is -1.97. The number of hydrogen-bond donors (Lipinski definition) is 0. The molecule has 0 aliphatic rings. The third-order valence-corrected chi connectivity index (χ3v) is 3.60. The van der Waals surface area contributed by atoms with Crippen molar-refractivity contribution in [2.75, 3.05) is 0 Å². The van der Waals surface area contributed by atoms with Gasteiger partial charge in [-0.1, -0.05) is 18.2 Å². The van der Waals surface area contributed by atoms with Gasteiger partial charge in [0.2, 0.25) is 0 Å². The summed E-state index contributed by atoms with van der Waals surface area (Å²) in [4.78, 5) is 0. The molecule has 0 radical (unpaired) electrons. The van der Waals surface area contributed by atoms with Gasteiger partial charge >= 0.3 is 0 Å². The van der Waals surface area contributed by atoms with Crippen molar-refractivity contribution in [2.45, 2.75) is 5.38 Å². The monoisotopic (exact) mass is 364 g/mol. The summed E-state index contributed by atoms with van der Waals surface area (Å²) in [7, 11) is 0. The van der Waals surface area contributed by atoms with Crippen molar-refractivity contribution in [2.24, 2.45) is 0 Å². The predicted molar refractivity (Wildman–Crippen MR) is 73.2 cm³/mol. The molecule has 2 aromatic rings. The van der Waals surface area contributed by atoms with Crippen LogP contribution in [0.5, 0.6) is 0 Å². The lowest BCUT2D eigenvalue weighted by Gasteiger charge is -2.11. The van der Waals surface area contributed by atoms with E-state index < -0.39 is 17.0 Å². The normalized spacial score (nSPS) is 12.5. The number of rotatable bonds is 2. The molecule has 0 aliphatic heterocycles. The maximum absolute atomic E-state index is 13.5. The molecule has 0 saturated carbocycles. The third kappa shape index (κ3) is 2.96. The molecule has 1 atom stereocenters.